The van der Waals surface area contributed by atoms with Gasteiger partial charge in [0.1, 0.15) is 5.82 Å². The molecule has 0 bridgehead atoms. The molecular formula is C12H15ClFN. The summed E-state index contributed by atoms with van der Waals surface area (Å²) in [6.07, 6.45) is 3.31. The molecule has 1 aliphatic heterocycles. The second-order valence-corrected chi connectivity index (χ2v) is 4.55. The monoisotopic (exact) mass is 227 g/mol. The second kappa shape index (κ2) is 4.50. The Morgan fingerprint density at radius 2 is 2.33 bits per heavy atom. The summed E-state index contributed by atoms with van der Waals surface area (Å²) in [4.78, 5) is 0. The zero-order chi connectivity index (χ0) is 10.8. The Kier molecular flexibility index (Phi) is 3.27. The fourth-order valence-electron chi connectivity index (χ4n) is 2.11. The Labute approximate surface area is 94.6 Å². The average molecular weight is 228 g/mol. The van der Waals surface area contributed by atoms with E-state index in [1.807, 2.05) is 6.07 Å². The fraction of sp³-hybridized carbons (Fsp3) is 0.500. The van der Waals surface area contributed by atoms with Gasteiger partial charge in [0.15, 0.2) is 0 Å². The molecule has 1 saturated heterocycles. The number of hydrogen-bond acceptors (Lipinski definition) is 1. The molecule has 1 unspecified atom stereocenters. The molecule has 0 spiro atoms. The molecule has 0 radical (unpaired) electrons. The summed E-state index contributed by atoms with van der Waals surface area (Å²) in [6.45, 7) is 2.88. The molecule has 0 aliphatic carbocycles. The van der Waals surface area contributed by atoms with Crippen molar-refractivity contribution < 1.29 is 4.39 Å². The van der Waals surface area contributed by atoms with Crippen molar-refractivity contribution in [2.24, 2.45) is 0 Å². The van der Waals surface area contributed by atoms with Crippen molar-refractivity contribution in [2.75, 3.05) is 6.54 Å². The summed E-state index contributed by atoms with van der Waals surface area (Å²) < 4.78 is 13.5. The third-order valence-corrected chi connectivity index (χ3v) is 3.37. The molecule has 1 nitrogen and oxygen atoms in total. The van der Waals surface area contributed by atoms with Crippen LogP contribution < -0.4 is 5.32 Å². The average Bonchev–Trinajstić information content (AvgIpc) is 2.72. The first kappa shape index (κ1) is 10.9. The topological polar surface area (TPSA) is 12.0 Å². The van der Waals surface area contributed by atoms with E-state index >= 15 is 0 Å². The van der Waals surface area contributed by atoms with Crippen LogP contribution in [0.15, 0.2) is 12.1 Å². The molecule has 1 aromatic carbocycles. The van der Waals surface area contributed by atoms with Gasteiger partial charge in [0.25, 0.3) is 0 Å². The molecule has 1 atom stereocenters. The molecule has 0 aromatic heterocycles. The van der Waals surface area contributed by atoms with Crippen molar-refractivity contribution in [3.63, 3.8) is 0 Å². The number of hydrogen-bond donors (Lipinski definition) is 1. The maximum atomic E-state index is 13.5. The van der Waals surface area contributed by atoms with Crippen LogP contribution in [0.3, 0.4) is 0 Å². The highest BCUT2D eigenvalue weighted by Gasteiger charge is 2.17. The zero-order valence-corrected chi connectivity index (χ0v) is 9.57. The smallest absolute Gasteiger partial charge is 0.144 e. The van der Waals surface area contributed by atoms with E-state index < -0.39 is 0 Å². The first-order valence-electron chi connectivity index (χ1n) is 5.35. The van der Waals surface area contributed by atoms with Gasteiger partial charge in [-0.15, -0.1) is 0 Å². The van der Waals surface area contributed by atoms with Crippen molar-refractivity contribution in [3.05, 3.63) is 34.1 Å². The summed E-state index contributed by atoms with van der Waals surface area (Å²) in [7, 11) is 0. The Hall–Kier alpha value is -0.600. The van der Waals surface area contributed by atoms with Gasteiger partial charge >= 0.3 is 0 Å². The quantitative estimate of drug-likeness (QED) is 0.819. The SMILES string of the molecule is Cc1c(CC2CCCN2)ccc(Cl)c1F. The lowest BCUT2D eigenvalue weighted by atomic mass is 10.00. The van der Waals surface area contributed by atoms with Gasteiger partial charge in [-0.25, -0.2) is 4.39 Å². The van der Waals surface area contributed by atoms with E-state index in [0.717, 1.165) is 18.5 Å². The van der Waals surface area contributed by atoms with E-state index in [1.165, 1.54) is 12.8 Å². The van der Waals surface area contributed by atoms with Crippen LogP contribution in [0.1, 0.15) is 24.0 Å². The van der Waals surface area contributed by atoms with Crippen LogP contribution in [0.2, 0.25) is 5.02 Å². The molecule has 1 aromatic rings. The van der Waals surface area contributed by atoms with Crippen molar-refractivity contribution in [2.45, 2.75) is 32.2 Å². The van der Waals surface area contributed by atoms with Crippen LogP contribution in [0, 0.1) is 12.7 Å². The summed E-state index contributed by atoms with van der Waals surface area (Å²) in [5.74, 6) is -0.271. The third kappa shape index (κ3) is 2.32. The van der Waals surface area contributed by atoms with E-state index in [0.29, 0.717) is 11.6 Å². The molecule has 15 heavy (non-hydrogen) atoms. The van der Waals surface area contributed by atoms with Crippen LogP contribution in [0.5, 0.6) is 0 Å². The second-order valence-electron chi connectivity index (χ2n) is 4.14. The lowest BCUT2D eigenvalue weighted by molar-refractivity contribution is 0.586. The minimum absolute atomic E-state index is 0.218. The summed E-state index contributed by atoms with van der Waals surface area (Å²) in [5.41, 5.74) is 1.76. The number of benzene rings is 1. The molecule has 1 N–H and O–H groups in total. The van der Waals surface area contributed by atoms with Gasteiger partial charge in [-0.2, -0.15) is 0 Å². The van der Waals surface area contributed by atoms with Crippen molar-refractivity contribution in [1.82, 2.24) is 5.32 Å². The first-order chi connectivity index (χ1) is 7.18. The highest BCUT2D eigenvalue weighted by molar-refractivity contribution is 6.30. The van der Waals surface area contributed by atoms with E-state index in [-0.39, 0.29) is 10.8 Å². The summed E-state index contributed by atoms with van der Waals surface area (Å²) >= 11 is 5.71. The van der Waals surface area contributed by atoms with Crippen LogP contribution in [-0.2, 0) is 6.42 Å². The Bertz CT molecular complexity index is 359. The van der Waals surface area contributed by atoms with E-state index in [9.17, 15) is 4.39 Å². The Morgan fingerprint density at radius 1 is 1.53 bits per heavy atom. The van der Waals surface area contributed by atoms with Gasteiger partial charge in [0.2, 0.25) is 0 Å². The van der Waals surface area contributed by atoms with Gasteiger partial charge in [0, 0.05) is 6.04 Å². The van der Waals surface area contributed by atoms with E-state index in [2.05, 4.69) is 5.32 Å². The lowest BCUT2D eigenvalue weighted by Gasteiger charge is -2.13. The summed E-state index contributed by atoms with van der Waals surface area (Å²) in [6, 6.07) is 4.08. The Balaban J connectivity index is 2.17. The van der Waals surface area contributed by atoms with E-state index in [1.54, 1.807) is 13.0 Å². The van der Waals surface area contributed by atoms with Gasteiger partial charge in [-0.1, -0.05) is 17.7 Å². The first-order valence-corrected chi connectivity index (χ1v) is 5.73. The zero-order valence-electron chi connectivity index (χ0n) is 8.82. The van der Waals surface area contributed by atoms with Gasteiger partial charge < -0.3 is 5.32 Å². The van der Waals surface area contributed by atoms with Crippen molar-refractivity contribution >= 4 is 11.6 Å². The number of halogens is 2. The predicted molar refractivity (Wildman–Crippen MR) is 60.9 cm³/mol. The maximum Gasteiger partial charge on any atom is 0.144 e. The molecule has 1 fully saturated rings. The number of rotatable bonds is 2. The molecule has 1 heterocycles. The molecule has 82 valence electrons. The lowest BCUT2D eigenvalue weighted by Crippen LogP contribution is -2.24. The van der Waals surface area contributed by atoms with Crippen molar-refractivity contribution in [1.29, 1.82) is 0 Å². The fourth-order valence-corrected chi connectivity index (χ4v) is 2.31. The van der Waals surface area contributed by atoms with Gasteiger partial charge in [-0.05, 0) is 49.9 Å². The van der Waals surface area contributed by atoms with Crippen LogP contribution >= 0.6 is 11.6 Å². The molecular weight excluding hydrogens is 213 g/mol. The van der Waals surface area contributed by atoms with Crippen LogP contribution in [-0.4, -0.2) is 12.6 Å². The molecule has 0 amide bonds. The predicted octanol–water partition coefficient (Wildman–Crippen LogP) is 3.08. The summed E-state index contributed by atoms with van der Waals surface area (Å²) in [5, 5.41) is 3.63. The highest BCUT2D eigenvalue weighted by atomic mass is 35.5. The molecule has 2 rings (SSSR count). The maximum absolute atomic E-state index is 13.5. The van der Waals surface area contributed by atoms with Gasteiger partial charge in [-0.3, -0.25) is 0 Å². The van der Waals surface area contributed by atoms with Crippen LogP contribution in [0.25, 0.3) is 0 Å². The molecule has 0 saturated carbocycles. The number of nitrogens with one attached hydrogen (secondary N) is 1. The molecule has 3 heteroatoms. The highest BCUT2D eigenvalue weighted by Crippen LogP contribution is 2.23. The van der Waals surface area contributed by atoms with Gasteiger partial charge in [0.05, 0.1) is 5.02 Å². The third-order valence-electron chi connectivity index (χ3n) is 3.08. The Morgan fingerprint density at radius 3 is 3.00 bits per heavy atom. The molecule has 1 aliphatic rings. The van der Waals surface area contributed by atoms with E-state index in [4.69, 9.17) is 11.6 Å². The van der Waals surface area contributed by atoms with Crippen LogP contribution in [0.4, 0.5) is 4.39 Å². The van der Waals surface area contributed by atoms with Crippen molar-refractivity contribution in [3.8, 4) is 0 Å². The largest absolute Gasteiger partial charge is 0.314 e. The normalized spacial score (nSPS) is 20.9. The minimum Gasteiger partial charge on any atom is -0.314 e. The standard InChI is InChI=1S/C12H15ClFN/c1-8-9(4-5-11(13)12(8)14)7-10-3-2-6-15-10/h4-5,10,15H,2-3,6-7H2,1H3. The minimum atomic E-state index is -0.271.